The van der Waals surface area contributed by atoms with E-state index in [1.807, 2.05) is 19.9 Å². The summed E-state index contributed by atoms with van der Waals surface area (Å²) < 4.78 is 33.3. The maximum Gasteiger partial charge on any atom is 0.380 e. The monoisotopic (exact) mass is 449 g/mol. The summed E-state index contributed by atoms with van der Waals surface area (Å²) in [6.07, 6.45) is 7.80. The molecule has 0 amide bonds. The minimum Gasteiger partial charge on any atom is -0.466 e. The lowest BCUT2D eigenvalue weighted by Crippen LogP contribution is -2.42. The summed E-state index contributed by atoms with van der Waals surface area (Å²) in [6.45, 7) is 6.73. The van der Waals surface area contributed by atoms with Crippen LogP contribution in [0.2, 0.25) is 0 Å². The predicted octanol–water partition coefficient (Wildman–Crippen LogP) is 4.26. The number of hydrogen-bond acceptors (Lipinski definition) is 5. The summed E-state index contributed by atoms with van der Waals surface area (Å²) in [6, 6.07) is 4.07. The lowest BCUT2D eigenvalue weighted by Gasteiger charge is -2.51. The van der Waals surface area contributed by atoms with Crippen LogP contribution >= 0.6 is 0 Å². The van der Waals surface area contributed by atoms with Crippen molar-refractivity contribution in [2.75, 3.05) is 6.61 Å². The summed E-state index contributed by atoms with van der Waals surface area (Å²) >= 11 is 0. The molecule has 2 saturated carbocycles. The highest BCUT2D eigenvalue weighted by Gasteiger charge is 2.55. The Bertz CT molecular complexity index is 959. The Kier molecular flexibility index (Phi) is 6.12. The molecule has 0 saturated heterocycles. The Balaban J connectivity index is 1.59. The van der Waals surface area contributed by atoms with E-state index in [1.165, 1.54) is 17.5 Å². The summed E-state index contributed by atoms with van der Waals surface area (Å²) in [5.41, 5.74) is 3.66. The number of hydrogen-bond donors (Lipinski definition) is 1. The van der Waals surface area contributed by atoms with Crippen LogP contribution in [-0.2, 0) is 32.7 Å². The summed E-state index contributed by atoms with van der Waals surface area (Å²) in [5, 5.41) is 5.13. The number of nitrogens with two attached hydrogens (primary N) is 1. The Morgan fingerprint density at radius 1 is 1.19 bits per heavy atom. The van der Waals surface area contributed by atoms with E-state index in [0.29, 0.717) is 48.9 Å². The van der Waals surface area contributed by atoms with Gasteiger partial charge in [0.2, 0.25) is 0 Å². The van der Waals surface area contributed by atoms with Crippen LogP contribution in [0.25, 0.3) is 0 Å². The van der Waals surface area contributed by atoms with Crippen LogP contribution in [0.5, 0.6) is 5.75 Å². The van der Waals surface area contributed by atoms with Crippen LogP contribution in [0.4, 0.5) is 0 Å². The molecule has 0 aromatic heterocycles. The summed E-state index contributed by atoms with van der Waals surface area (Å²) in [5.74, 6) is 2.48. The van der Waals surface area contributed by atoms with E-state index >= 15 is 0 Å². The number of rotatable bonds is 6. The highest BCUT2D eigenvalue weighted by molar-refractivity contribution is 7.84. The molecule has 5 atom stereocenters. The van der Waals surface area contributed by atoms with Gasteiger partial charge in [-0.2, -0.15) is 13.6 Å². The first-order valence-corrected chi connectivity index (χ1v) is 13.2. The Hall–Kier alpha value is -1.60. The van der Waals surface area contributed by atoms with E-state index in [4.69, 9.17) is 14.1 Å². The molecule has 1 aromatic rings. The molecule has 3 aliphatic rings. The molecule has 3 aliphatic carbocycles. The molecule has 0 unspecified atom stereocenters. The Labute approximate surface area is 186 Å². The first-order valence-electron chi connectivity index (χ1n) is 11.7. The molecular weight excluding hydrogens is 414 g/mol. The van der Waals surface area contributed by atoms with Crippen LogP contribution in [0.15, 0.2) is 12.1 Å². The first kappa shape index (κ1) is 22.6. The number of esters is 1. The number of carbonyl (C=O) groups excluding carboxylic acids is 1. The molecule has 2 N–H and O–H groups in total. The van der Waals surface area contributed by atoms with Crippen molar-refractivity contribution >= 4 is 16.3 Å². The van der Waals surface area contributed by atoms with Gasteiger partial charge in [-0.25, -0.2) is 0 Å². The number of aryl methyl sites for hydroxylation is 2. The van der Waals surface area contributed by atoms with Crippen molar-refractivity contribution in [3.8, 4) is 5.75 Å². The first-order chi connectivity index (χ1) is 14.7. The van der Waals surface area contributed by atoms with Crippen molar-refractivity contribution in [2.24, 2.45) is 28.3 Å². The molecule has 0 spiro atoms. The van der Waals surface area contributed by atoms with Crippen molar-refractivity contribution in [3.05, 3.63) is 28.8 Å². The molecule has 0 aliphatic heterocycles. The fourth-order valence-corrected chi connectivity index (χ4v) is 7.40. The molecule has 7 heteroatoms. The van der Waals surface area contributed by atoms with Gasteiger partial charge < -0.3 is 8.92 Å². The average Bonchev–Trinajstić information content (AvgIpc) is 3.02. The van der Waals surface area contributed by atoms with Crippen molar-refractivity contribution in [3.63, 3.8) is 0 Å². The topological polar surface area (TPSA) is 95.7 Å². The second kappa shape index (κ2) is 8.39. The lowest BCUT2D eigenvalue weighted by atomic mass is 9.54. The molecule has 0 bridgehead atoms. The lowest BCUT2D eigenvalue weighted by molar-refractivity contribution is -0.145. The molecule has 2 fully saturated rings. The van der Waals surface area contributed by atoms with Gasteiger partial charge in [0.1, 0.15) is 5.75 Å². The Morgan fingerprint density at radius 2 is 1.97 bits per heavy atom. The van der Waals surface area contributed by atoms with Crippen molar-refractivity contribution in [1.82, 2.24) is 0 Å². The van der Waals surface area contributed by atoms with Crippen LogP contribution in [0, 0.1) is 23.2 Å². The molecule has 0 heterocycles. The molecular formula is C24H35NO5S. The highest BCUT2D eigenvalue weighted by atomic mass is 32.2. The molecule has 31 heavy (non-hydrogen) atoms. The maximum absolute atomic E-state index is 12.2. The normalized spacial score (nSPS) is 32.0. The van der Waals surface area contributed by atoms with Crippen molar-refractivity contribution < 1.29 is 22.1 Å². The zero-order valence-electron chi connectivity index (χ0n) is 18.9. The minimum atomic E-state index is -4.04. The zero-order chi connectivity index (χ0) is 22.4. The van der Waals surface area contributed by atoms with E-state index in [2.05, 4.69) is 13.0 Å². The third-order valence-electron chi connectivity index (χ3n) is 8.41. The van der Waals surface area contributed by atoms with Gasteiger partial charge >= 0.3 is 16.3 Å². The van der Waals surface area contributed by atoms with Crippen LogP contribution in [-0.4, -0.2) is 21.0 Å². The smallest absolute Gasteiger partial charge is 0.380 e. The summed E-state index contributed by atoms with van der Waals surface area (Å²) in [7, 11) is -4.04. The van der Waals surface area contributed by atoms with Gasteiger partial charge in [0.25, 0.3) is 0 Å². The molecule has 1 aromatic carbocycles. The molecule has 0 radical (unpaired) electrons. The average molecular weight is 450 g/mol. The Morgan fingerprint density at radius 3 is 2.65 bits per heavy atom. The third kappa shape index (κ3) is 4.23. The van der Waals surface area contributed by atoms with Gasteiger partial charge in [0.15, 0.2) is 0 Å². The fraction of sp³-hybridized carbons (Fsp3) is 0.708. The van der Waals surface area contributed by atoms with Gasteiger partial charge in [0, 0.05) is 6.42 Å². The van der Waals surface area contributed by atoms with Gasteiger partial charge in [0.05, 0.1) is 6.61 Å². The van der Waals surface area contributed by atoms with E-state index in [0.717, 1.165) is 37.7 Å². The molecule has 4 rings (SSSR count). The van der Waals surface area contributed by atoms with Gasteiger partial charge in [-0.1, -0.05) is 19.9 Å². The second-order valence-corrected chi connectivity index (χ2v) is 11.0. The largest absolute Gasteiger partial charge is 0.466 e. The number of ether oxygens (including phenoxy) is 1. The van der Waals surface area contributed by atoms with Crippen molar-refractivity contribution in [1.29, 1.82) is 0 Å². The summed E-state index contributed by atoms with van der Waals surface area (Å²) in [4.78, 5) is 12.2. The quantitative estimate of drug-likeness (QED) is 0.655. The third-order valence-corrected chi connectivity index (χ3v) is 8.82. The number of benzene rings is 1. The van der Waals surface area contributed by atoms with Gasteiger partial charge in [-0.3, -0.25) is 4.79 Å². The van der Waals surface area contributed by atoms with Crippen LogP contribution < -0.4 is 9.32 Å². The predicted molar refractivity (Wildman–Crippen MR) is 119 cm³/mol. The van der Waals surface area contributed by atoms with E-state index < -0.39 is 10.3 Å². The standard InChI is InChI=1S/C24H35NO5S/c1-4-15-12-20-16(13-22(15)30-31(25,27)28)6-8-19-18(20)10-11-24(3)17(7-9-21(19)24)14-23(26)29-5-2/h12-13,17-19,21H,4-11,14H2,1-3H3,(H2,25,27,28)/t17-,18+,19-,21+,24-/m1/s1. The van der Waals surface area contributed by atoms with Crippen molar-refractivity contribution in [2.45, 2.75) is 78.1 Å². The maximum atomic E-state index is 12.2. The SMILES string of the molecule is CCOC(=O)C[C@H]1CC[C@H]2[C@@H]3CCc4cc(OS(N)(=O)=O)c(CC)cc4[C@H]3CC[C@]12C. The fourth-order valence-electron chi connectivity index (χ4n) is 6.99. The number of carbonyl (C=O) groups is 1. The van der Waals surface area contributed by atoms with Gasteiger partial charge in [-0.15, -0.1) is 0 Å². The highest BCUT2D eigenvalue weighted by Crippen LogP contribution is 2.63. The molecule has 172 valence electrons. The van der Waals surface area contributed by atoms with E-state index in [-0.39, 0.29) is 11.4 Å². The minimum absolute atomic E-state index is 0.0551. The van der Waals surface area contributed by atoms with Gasteiger partial charge in [-0.05, 0) is 104 Å². The van der Waals surface area contributed by atoms with Crippen LogP contribution in [0.1, 0.15) is 81.9 Å². The van der Waals surface area contributed by atoms with Crippen LogP contribution in [0.3, 0.4) is 0 Å². The number of fused-ring (bicyclic) bond motifs is 5. The van der Waals surface area contributed by atoms with E-state index in [9.17, 15) is 13.2 Å². The van der Waals surface area contributed by atoms with E-state index in [1.54, 1.807) is 0 Å². The molecule has 6 nitrogen and oxygen atoms in total. The zero-order valence-corrected chi connectivity index (χ0v) is 19.7. The second-order valence-electron chi connectivity index (χ2n) is 9.83.